The van der Waals surface area contributed by atoms with Crippen LogP contribution < -0.4 is 5.73 Å². The Bertz CT molecular complexity index is 263. The highest BCUT2D eigenvalue weighted by molar-refractivity contribution is 5.12. The fourth-order valence-electron chi connectivity index (χ4n) is 1.61. The molecule has 0 fully saturated rings. The Morgan fingerprint density at radius 3 is 2.86 bits per heavy atom. The van der Waals surface area contributed by atoms with Crippen molar-refractivity contribution in [3.63, 3.8) is 0 Å². The van der Waals surface area contributed by atoms with Gasteiger partial charge in [0, 0.05) is 25.4 Å². The largest absolute Gasteiger partial charge is 0.388 e. The quantitative estimate of drug-likeness (QED) is 0.738. The van der Waals surface area contributed by atoms with E-state index in [1.165, 1.54) is 0 Å². The van der Waals surface area contributed by atoms with E-state index in [4.69, 9.17) is 5.73 Å². The Morgan fingerprint density at radius 2 is 2.36 bits per heavy atom. The summed E-state index contributed by atoms with van der Waals surface area (Å²) in [4.78, 5) is 4.01. The van der Waals surface area contributed by atoms with E-state index in [9.17, 15) is 5.11 Å². The molecule has 0 radical (unpaired) electrons. The van der Waals surface area contributed by atoms with E-state index in [1.807, 2.05) is 19.1 Å². The number of rotatable bonds is 5. The van der Waals surface area contributed by atoms with E-state index in [-0.39, 0.29) is 0 Å². The van der Waals surface area contributed by atoms with Crippen molar-refractivity contribution in [2.45, 2.75) is 31.8 Å². The zero-order valence-electron chi connectivity index (χ0n) is 8.61. The molecule has 1 atom stereocenters. The molecule has 3 heteroatoms. The summed E-state index contributed by atoms with van der Waals surface area (Å²) >= 11 is 0. The maximum atomic E-state index is 10.1. The van der Waals surface area contributed by atoms with Crippen LogP contribution in [0.15, 0.2) is 24.5 Å². The van der Waals surface area contributed by atoms with Gasteiger partial charge in [0.15, 0.2) is 0 Å². The first kappa shape index (κ1) is 11.1. The summed E-state index contributed by atoms with van der Waals surface area (Å²) < 4.78 is 0. The topological polar surface area (TPSA) is 59.1 Å². The van der Waals surface area contributed by atoms with Gasteiger partial charge in [-0.25, -0.2) is 0 Å². The molecule has 1 aromatic heterocycles. The van der Waals surface area contributed by atoms with Gasteiger partial charge >= 0.3 is 0 Å². The lowest BCUT2D eigenvalue weighted by molar-refractivity contribution is 0.0398. The Kier molecular flexibility index (Phi) is 4.04. The smallest absolute Gasteiger partial charge is 0.0809 e. The van der Waals surface area contributed by atoms with Crippen LogP contribution in [0.3, 0.4) is 0 Å². The van der Waals surface area contributed by atoms with Crippen LogP contribution in [-0.4, -0.2) is 22.2 Å². The van der Waals surface area contributed by atoms with Crippen LogP contribution in [0.2, 0.25) is 0 Å². The first-order valence-electron chi connectivity index (χ1n) is 5.01. The highest BCUT2D eigenvalue weighted by atomic mass is 16.3. The van der Waals surface area contributed by atoms with Crippen molar-refractivity contribution >= 4 is 0 Å². The monoisotopic (exact) mass is 194 g/mol. The zero-order valence-corrected chi connectivity index (χ0v) is 8.61. The van der Waals surface area contributed by atoms with Gasteiger partial charge < -0.3 is 10.8 Å². The third-order valence-corrected chi connectivity index (χ3v) is 2.35. The van der Waals surface area contributed by atoms with E-state index < -0.39 is 5.60 Å². The molecule has 1 heterocycles. The lowest BCUT2D eigenvalue weighted by Crippen LogP contribution is -2.39. The number of hydrogen-bond acceptors (Lipinski definition) is 3. The van der Waals surface area contributed by atoms with E-state index in [0.717, 1.165) is 18.4 Å². The Labute approximate surface area is 85.0 Å². The molecule has 0 spiro atoms. The highest BCUT2D eigenvalue weighted by Gasteiger charge is 2.24. The molecule has 0 bridgehead atoms. The summed E-state index contributed by atoms with van der Waals surface area (Å²) in [5.74, 6) is 0. The number of aliphatic hydroxyl groups is 1. The van der Waals surface area contributed by atoms with E-state index in [0.29, 0.717) is 13.0 Å². The van der Waals surface area contributed by atoms with Crippen LogP contribution >= 0.6 is 0 Å². The molecule has 0 amide bonds. The number of pyridine rings is 1. The summed E-state index contributed by atoms with van der Waals surface area (Å²) in [5, 5.41) is 10.1. The van der Waals surface area contributed by atoms with Crippen molar-refractivity contribution < 1.29 is 5.11 Å². The molecular weight excluding hydrogens is 176 g/mol. The van der Waals surface area contributed by atoms with Crippen LogP contribution in [0.25, 0.3) is 0 Å². The minimum absolute atomic E-state index is 0.301. The number of aromatic nitrogens is 1. The van der Waals surface area contributed by atoms with Gasteiger partial charge in [-0.3, -0.25) is 4.98 Å². The predicted octanol–water partition coefficient (Wildman–Crippen LogP) is 1.11. The van der Waals surface area contributed by atoms with Crippen LogP contribution in [0.5, 0.6) is 0 Å². The first-order valence-corrected chi connectivity index (χ1v) is 5.01. The molecule has 0 aliphatic heterocycles. The zero-order chi connectivity index (χ0) is 10.4. The van der Waals surface area contributed by atoms with Gasteiger partial charge in [-0.2, -0.15) is 0 Å². The van der Waals surface area contributed by atoms with Crippen LogP contribution in [0.4, 0.5) is 0 Å². The summed E-state index contributed by atoms with van der Waals surface area (Å²) in [6.07, 6.45) is 5.76. The molecule has 78 valence electrons. The summed E-state index contributed by atoms with van der Waals surface area (Å²) in [6.45, 7) is 2.35. The summed E-state index contributed by atoms with van der Waals surface area (Å²) in [6, 6.07) is 3.83. The van der Waals surface area contributed by atoms with Gasteiger partial charge in [-0.1, -0.05) is 19.4 Å². The van der Waals surface area contributed by atoms with E-state index >= 15 is 0 Å². The SMILES string of the molecule is CCCC(O)(CN)Cc1cccnc1. The second-order valence-electron chi connectivity index (χ2n) is 3.72. The van der Waals surface area contributed by atoms with Crippen LogP contribution in [0, 0.1) is 0 Å². The predicted molar refractivity (Wildman–Crippen MR) is 56.9 cm³/mol. The summed E-state index contributed by atoms with van der Waals surface area (Å²) in [7, 11) is 0. The van der Waals surface area contributed by atoms with Crippen molar-refractivity contribution in [3.8, 4) is 0 Å². The number of hydrogen-bond donors (Lipinski definition) is 2. The average Bonchev–Trinajstić information content (AvgIpc) is 2.20. The van der Waals surface area contributed by atoms with Crippen molar-refractivity contribution in [2.75, 3.05) is 6.54 Å². The van der Waals surface area contributed by atoms with Crippen LogP contribution in [-0.2, 0) is 6.42 Å². The lowest BCUT2D eigenvalue weighted by atomic mass is 9.91. The van der Waals surface area contributed by atoms with Crippen molar-refractivity contribution in [1.82, 2.24) is 4.98 Å². The minimum atomic E-state index is -0.766. The normalized spacial score (nSPS) is 15.1. The third kappa shape index (κ3) is 3.09. The van der Waals surface area contributed by atoms with Gasteiger partial charge in [-0.15, -0.1) is 0 Å². The van der Waals surface area contributed by atoms with Gasteiger partial charge in [-0.05, 0) is 18.1 Å². The standard InChI is InChI=1S/C11H18N2O/c1-2-5-11(14,9-12)7-10-4-3-6-13-8-10/h3-4,6,8,14H,2,5,7,9,12H2,1H3. The number of nitrogens with two attached hydrogens (primary N) is 1. The molecule has 0 saturated carbocycles. The van der Waals surface area contributed by atoms with E-state index in [2.05, 4.69) is 4.98 Å². The Balaban J connectivity index is 2.65. The van der Waals surface area contributed by atoms with Crippen molar-refractivity contribution in [3.05, 3.63) is 30.1 Å². The highest BCUT2D eigenvalue weighted by Crippen LogP contribution is 2.17. The van der Waals surface area contributed by atoms with Crippen LogP contribution in [0.1, 0.15) is 25.3 Å². The summed E-state index contributed by atoms with van der Waals surface area (Å²) in [5.41, 5.74) is 5.84. The van der Waals surface area contributed by atoms with Gasteiger partial charge in [0.2, 0.25) is 0 Å². The fraction of sp³-hybridized carbons (Fsp3) is 0.545. The average molecular weight is 194 g/mol. The molecule has 3 nitrogen and oxygen atoms in total. The fourth-order valence-corrected chi connectivity index (χ4v) is 1.61. The molecule has 3 N–H and O–H groups in total. The third-order valence-electron chi connectivity index (χ3n) is 2.35. The van der Waals surface area contributed by atoms with Gasteiger partial charge in [0.05, 0.1) is 5.60 Å². The maximum absolute atomic E-state index is 10.1. The molecule has 0 saturated heterocycles. The second-order valence-corrected chi connectivity index (χ2v) is 3.72. The Hall–Kier alpha value is -0.930. The molecule has 1 unspecified atom stereocenters. The first-order chi connectivity index (χ1) is 6.70. The lowest BCUT2D eigenvalue weighted by Gasteiger charge is -2.25. The molecular formula is C11H18N2O. The molecule has 14 heavy (non-hydrogen) atoms. The maximum Gasteiger partial charge on any atom is 0.0809 e. The molecule has 1 aromatic rings. The number of nitrogens with zero attached hydrogens (tertiary/aromatic N) is 1. The Morgan fingerprint density at radius 1 is 1.57 bits per heavy atom. The molecule has 0 aromatic carbocycles. The second kappa shape index (κ2) is 5.08. The minimum Gasteiger partial charge on any atom is -0.388 e. The van der Waals surface area contributed by atoms with Crippen molar-refractivity contribution in [1.29, 1.82) is 0 Å². The van der Waals surface area contributed by atoms with Crippen molar-refractivity contribution in [2.24, 2.45) is 5.73 Å². The van der Waals surface area contributed by atoms with Gasteiger partial charge in [0.25, 0.3) is 0 Å². The molecule has 0 aliphatic rings. The van der Waals surface area contributed by atoms with E-state index in [1.54, 1.807) is 12.4 Å². The molecule has 0 aliphatic carbocycles. The van der Waals surface area contributed by atoms with Gasteiger partial charge in [0.1, 0.15) is 0 Å². The molecule has 1 rings (SSSR count).